The summed E-state index contributed by atoms with van der Waals surface area (Å²) in [5.74, 6) is 2.05. The van der Waals surface area contributed by atoms with Gasteiger partial charge in [0.15, 0.2) is 5.76 Å². The van der Waals surface area contributed by atoms with Crippen molar-refractivity contribution in [2.75, 3.05) is 39.0 Å². The highest BCUT2D eigenvalue weighted by Crippen LogP contribution is 2.31. The summed E-state index contributed by atoms with van der Waals surface area (Å²) in [5.41, 5.74) is 0.863. The maximum atomic E-state index is 12.9. The van der Waals surface area contributed by atoms with Crippen molar-refractivity contribution in [2.45, 2.75) is 30.7 Å². The summed E-state index contributed by atoms with van der Waals surface area (Å²) in [7, 11) is 0. The zero-order chi connectivity index (χ0) is 19.4. The highest BCUT2D eigenvalue weighted by Gasteiger charge is 2.41. The van der Waals surface area contributed by atoms with E-state index in [9.17, 15) is 4.79 Å². The van der Waals surface area contributed by atoms with E-state index in [4.69, 9.17) is 9.15 Å². The summed E-state index contributed by atoms with van der Waals surface area (Å²) < 4.78 is 11.9. The van der Waals surface area contributed by atoms with Crippen molar-refractivity contribution in [1.29, 1.82) is 0 Å². The highest BCUT2D eigenvalue weighted by atomic mass is 32.2. The molecule has 0 aliphatic carbocycles. The SMILES string of the molecule is CSCc1ccc(C(=O)N2CCOC3(CCN(Cc4ccccn4)CC3)C2)o1. The number of aromatic nitrogens is 1. The molecule has 1 amide bonds. The fourth-order valence-corrected chi connectivity index (χ4v) is 4.47. The Morgan fingerprint density at radius 1 is 1.21 bits per heavy atom. The third-order valence-corrected chi connectivity index (χ3v) is 6.15. The molecule has 0 radical (unpaired) electrons. The number of amides is 1. The number of morpholine rings is 1. The van der Waals surface area contributed by atoms with E-state index in [0.717, 1.165) is 49.7 Å². The average molecular weight is 402 g/mol. The second kappa shape index (κ2) is 8.68. The van der Waals surface area contributed by atoms with E-state index in [1.165, 1.54) is 0 Å². The molecule has 2 aromatic heterocycles. The third kappa shape index (κ3) is 4.42. The minimum Gasteiger partial charge on any atom is -0.455 e. The van der Waals surface area contributed by atoms with Crippen LogP contribution in [0.25, 0.3) is 0 Å². The summed E-state index contributed by atoms with van der Waals surface area (Å²) >= 11 is 1.69. The van der Waals surface area contributed by atoms with Crippen LogP contribution in [-0.2, 0) is 17.0 Å². The lowest BCUT2D eigenvalue weighted by atomic mass is 9.89. The maximum Gasteiger partial charge on any atom is 0.289 e. The van der Waals surface area contributed by atoms with Gasteiger partial charge in [-0.1, -0.05) is 6.07 Å². The van der Waals surface area contributed by atoms with Gasteiger partial charge < -0.3 is 14.1 Å². The van der Waals surface area contributed by atoms with Gasteiger partial charge in [0.05, 0.1) is 30.2 Å². The number of thioether (sulfide) groups is 1. The van der Waals surface area contributed by atoms with Crippen LogP contribution in [0.3, 0.4) is 0 Å². The van der Waals surface area contributed by atoms with Gasteiger partial charge in [0.2, 0.25) is 0 Å². The van der Waals surface area contributed by atoms with E-state index in [-0.39, 0.29) is 11.5 Å². The zero-order valence-corrected chi connectivity index (χ0v) is 17.1. The summed E-state index contributed by atoms with van der Waals surface area (Å²) in [6.07, 6.45) is 5.72. The molecule has 0 saturated carbocycles. The fourth-order valence-electron chi connectivity index (χ4n) is 4.03. The molecular formula is C21H27N3O3S. The lowest BCUT2D eigenvalue weighted by molar-refractivity contribution is -0.128. The van der Waals surface area contributed by atoms with E-state index in [1.54, 1.807) is 17.8 Å². The van der Waals surface area contributed by atoms with E-state index in [2.05, 4.69) is 16.0 Å². The molecule has 2 fully saturated rings. The highest BCUT2D eigenvalue weighted by molar-refractivity contribution is 7.97. The molecule has 7 heteroatoms. The van der Waals surface area contributed by atoms with E-state index in [0.29, 0.717) is 25.5 Å². The summed E-state index contributed by atoms with van der Waals surface area (Å²) in [4.78, 5) is 21.6. The lowest BCUT2D eigenvalue weighted by Crippen LogP contribution is -2.57. The largest absolute Gasteiger partial charge is 0.455 e. The number of hydrogen-bond donors (Lipinski definition) is 0. The Kier molecular flexibility index (Phi) is 6.04. The number of hydrogen-bond acceptors (Lipinski definition) is 6. The number of piperidine rings is 1. The van der Waals surface area contributed by atoms with Gasteiger partial charge in [-0.2, -0.15) is 11.8 Å². The molecule has 2 saturated heterocycles. The van der Waals surface area contributed by atoms with Crippen LogP contribution in [0.1, 0.15) is 34.9 Å². The Balaban J connectivity index is 1.35. The van der Waals surface area contributed by atoms with Crippen molar-refractivity contribution in [3.63, 3.8) is 0 Å². The Bertz CT molecular complexity index is 787. The van der Waals surface area contributed by atoms with Gasteiger partial charge in [0.1, 0.15) is 5.76 Å². The van der Waals surface area contributed by atoms with Crippen LogP contribution in [0.2, 0.25) is 0 Å². The number of likely N-dealkylation sites (tertiary alicyclic amines) is 1. The molecule has 2 aromatic rings. The second-order valence-electron chi connectivity index (χ2n) is 7.55. The molecule has 4 heterocycles. The molecule has 0 unspecified atom stereocenters. The number of pyridine rings is 1. The standard InChI is InChI=1S/C21H27N3O3S/c1-28-15-18-5-6-19(27-18)20(25)24-12-13-26-21(16-24)7-10-23(11-8-21)14-17-4-2-3-9-22-17/h2-6,9H,7-8,10-16H2,1H3. The van der Waals surface area contributed by atoms with Crippen LogP contribution < -0.4 is 0 Å². The molecule has 0 bridgehead atoms. The van der Waals surface area contributed by atoms with Gasteiger partial charge in [0.25, 0.3) is 5.91 Å². The van der Waals surface area contributed by atoms with E-state index >= 15 is 0 Å². The molecule has 4 rings (SSSR count). The van der Waals surface area contributed by atoms with E-state index < -0.39 is 0 Å². The quantitative estimate of drug-likeness (QED) is 0.768. The molecule has 150 valence electrons. The molecule has 28 heavy (non-hydrogen) atoms. The Morgan fingerprint density at radius 2 is 2.07 bits per heavy atom. The third-order valence-electron chi connectivity index (χ3n) is 5.57. The van der Waals surface area contributed by atoms with Gasteiger partial charge in [-0.05, 0) is 43.4 Å². The molecule has 0 aromatic carbocycles. The topological polar surface area (TPSA) is 58.8 Å². The van der Waals surface area contributed by atoms with Gasteiger partial charge in [-0.3, -0.25) is 14.7 Å². The van der Waals surface area contributed by atoms with Crippen molar-refractivity contribution in [3.8, 4) is 0 Å². The summed E-state index contributed by atoms with van der Waals surface area (Å²) in [6, 6.07) is 9.73. The maximum absolute atomic E-state index is 12.9. The van der Waals surface area contributed by atoms with Crippen LogP contribution >= 0.6 is 11.8 Å². The summed E-state index contributed by atoms with van der Waals surface area (Å²) in [6.45, 7) is 4.63. The van der Waals surface area contributed by atoms with Crippen LogP contribution in [-0.4, -0.2) is 65.3 Å². The van der Waals surface area contributed by atoms with Crippen molar-refractivity contribution in [2.24, 2.45) is 0 Å². The van der Waals surface area contributed by atoms with Crippen LogP contribution in [0.5, 0.6) is 0 Å². The molecule has 0 N–H and O–H groups in total. The van der Waals surface area contributed by atoms with Gasteiger partial charge in [-0.15, -0.1) is 0 Å². The van der Waals surface area contributed by atoms with Crippen molar-refractivity contribution in [1.82, 2.24) is 14.8 Å². The smallest absolute Gasteiger partial charge is 0.289 e. The number of furan rings is 1. The van der Waals surface area contributed by atoms with Crippen molar-refractivity contribution in [3.05, 3.63) is 53.7 Å². The monoisotopic (exact) mass is 401 g/mol. The average Bonchev–Trinajstić information content (AvgIpc) is 3.19. The number of carbonyl (C=O) groups excluding carboxylic acids is 1. The first-order chi connectivity index (χ1) is 13.7. The molecule has 6 nitrogen and oxygen atoms in total. The molecule has 1 spiro atoms. The number of rotatable bonds is 5. The van der Waals surface area contributed by atoms with Crippen LogP contribution in [0, 0.1) is 0 Å². The molecule has 2 aliphatic heterocycles. The predicted octanol–water partition coefficient (Wildman–Crippen LogP) is 3.04. The molecule has 2 aliphatic rings. The van der Waals surface area contributed by atoms with Crippen molar-refractivity contribution >= 4 is 17.7 Å². The second-order valence-corrected chi connectivity index (χ2v) is 8.42. The van der Waals surface area contributed by atoms with Gasteiger partial charge in [0, 0.05) is 32.4 Å². The normalized spacial score (nSPS) is 19.8. The first-order valence-corrected chi connectivity index (χ1v) is 11.2. The fraction of sp³-hybridized carbons (Fsp3) is 0.524. The first kappa shape index (κ1) is 19.5. The Morgan fingerprint density at radius 3 is 2.82 bits per heavy atom. The number of nitrogens with zero attached hydrogens (tertiary/aromatic N) is 3. The van der Waals surface area contributed by atoms with Crippen LogP contribution in [0.4, 0.5) is 0 Å². The molecular weight excluding hydrogens is 374 g/mol. The van der Waals surface area contributed by atoms with Gasteiger partial charge >= 0.3 is 0 Å². The first-order valence-electron chi connectivity index (χ1n) is 9.81. The van der Waals surface area contributed by atoms with Gasteiger partial charge in [-0.25, -0.2) is 0 Å². The minimum absolute atomic E-state index is 0.0223. The predicted molar refractivity (Wildman–Crippen MR) is 109 cm³/mol. The number of ether oxygens (including phenoxy) is 1. The van der Waals surface area contributed by atoms with Crippen LogP contribution in [0.15, 0.2) is 40.9 Å². The summed E-state index contributed by atoms with van der Waals surface area (Å²) in [5, 5.41) is 0. The minimum atomic E-state index is -0.233. The number of carbonyl (C=O) groups is 1. The van der Waals surface area contributed by atoms with E-state index in [1.807, 2.05) is 35.6 Å². The molecule has 0 atom stereocenters. The lowest BCUT2D eigenvalue weighted by Gasteiger charge is -2.47. The zero-order valence-electron chi connectivity index (χ0n) is 16.3. The Labute approximate surface area is 170 Å². The van der Waals surface area contributed by atoms with Crippen molar-refractivity contribution < 1.29 is 13.9 Å². The Hall–Kier alpha value is -1.83.